The summed E-state index contributed by atoms with van der Waals surface area (Å²) in [5.74, 6) is 2.44. The van der Waals surface area contributed by atoms with E-state index >= 15 is 0 Å². The largest absolute Gasteiger partial charge is 0.464 e. The van der Waals surface area contributed by atoms with E-state index in [9.17, 15) is 5.11 Å². The first-order valence-corrected chi connectivity index (χ1v) is 8.94. The zero-order chi connectivity index (χ0) is 17.9. The molecule has 26 heavy (non-hydrogen) atoms. The van der Waals surface area contributed by atoms with E-state index in [1.54, 1.807) is 0 Å². The molecule has 0 amide bonds. The van der Waals surface area contributed by atoms with E-state index < -0.39 is 5.60 Å². The average molecular weight is 469 g/mol. The fourth-order valence-corrected chi connectivity index (χ4v) is 3.32. The summed E-state index contributed by atoms with van der Waals surface area (Å²) in [6.07, 6.45) is 1.61. The van der Waals surface area contributed by atoms with Gasteiger partial charge in [-0.05, 0) is 56.9 Å². The zero-order valence-electron chi connectivity index (χ0n) is 15.6. The number of nitrogens with zero attached hydrogens (tertiary/aromatic N) is 1. The first-order chi connectivity index (χ1) is 12.0. The van der Waals surface area contributed by atoms with Crippen molar-refractivity contribution in [2.24, 2.45) is 4.99 Å². The van der Waals surface area contributed by atoms with Gasteiger partial charge in [0, 0.05) is 6.54 Å². The van der Waals surface area contributed by atoms with Crippen LogP contribution in [0.25, 0.3) is 0 Å². The molecule has 2 aromatic rings. The lowest BCUT2D eigenvalue weighted by Gasteiger charge is -2.23. The number of furan rings is 1. The number of nitrogens with one attached hydrogen (secondary N) is 2. The molecule has 5 nitrogen and oxygen atoms in total. The molecule has 0 saturated carbocycles. The summed E-state index contributed by atoms with van der Waals surface area (Å²) < 4.78 is 5.67. The molecule has 2 unspecified atom stereocenters. The molecule has 0 saturated heterocycles. The van der Waals surface area contributed by atoms with Crippen molar-refractivity contribution in [1.82, 2.24) is 10.6 Å². The Hall–Kier alpha value is -1.54. The summed E-state index contributed by atoms with van der Waals surface area (Å²) in [5, 5.41) is 17.6. The van der Waals surface area contributed by atoms with Crippen molar-refractivity contribution >= 4 is 29.9 Å². The monoisotopic (exact) mass is 469 g/mol. The highest BCUT2D eigenvalue weighted by molar-refractivity contribution is 14.0. The van der Waals surface area contributed by atoms with Crippen LogP contribution < -0.4 is 10.6 Å². The number of aryl methyl sites for hydroxylation is 2. The maximum atomic E-state index is 11.0. The lowest BCUT2D eigenvalue weighted by atomic mass is 9.96. The van der Waals surface area contributed by atoms with E-state index in [4.69, 9.17) is 4.42 Å². The van der Waals surface area contributed by atoms with Gasteiger partial charge < -0.3 is 20.2 Å². The highest BCUT2D eigenvalue weighted by Crippen LogP contribution is 2.36. The normalized spacial score (nSPS) is 20.2. The van der Waals surface area contributed by atoms with Crippen LogP contribution in [0, 0.1) is 6.92 Å². The molecule has 1 aliphatic rings. The molecular formula is C20H28IN3O2. The molecule has 1 aromatic heterocycles. The van der Waals surface area contributed by atoms with Crippen LogP contribution in [0.4, 0.5) is 0 Å². The third kappa shape index (κ3) is 4.59. The molecule has 3 rings (SSSR count). The number of fused-ring (bicyclic) bond motifs is 1. The van der Waals surface area contributed by atoms with Gasteiger partial charge >= 0.3 is 0 Å². The van der Waals surface area contributed by atoms with Gasteiger partial charge in [0.2, 0.25) is 0 Å². The van der Waals surface area contributed by atoms with Gasteiger partial charge in [-0.25, -0.2) is 4.99 Å². The van der Waals surface area contributed by atoms with E-state index in [1.165, 1.54) is 5.56 Å². The molecule has 1 heterocycles. The van der Waals surface area contributed by atoms with Crippen molar-refractivity contribution in [1.29, 1.82) is 0 Å². The fraction of sp³-hybridized carbons (Fsp3) is 0.450. The van der Waals surface area contributed by atoms with E-state index in [-0.39, 0.29) is 30.0 Å². The van der Waals surface area contributed by atoms with Crippen molar-refractivity contribution in [3.8, 4) is 0 Å². The Morgan fingerprint density at radius 2 is 2.08 bits per heavy atom. The van der Waals surface area contributed by atoms with Crippen molar-refractivity contribution in [2.75, 3.05) is 13.1 Å². The minimum atomic E-state index is -0.885. The minimum absolute atomic E-state index is 0. The van der Waals surface area contributed by atoms with Crippen LogP contribution in [0.5, 0.6) is 0 Å². The molecule has 0 bridgehead atoms. The van der Waals surface area contributed by atoms with Crippen LogP contribution in [-0.4, -0.2) is 24.2 Å². The van der Waals surface area contributed by atoms with Crippen LogP contribution in [0.15, 0.2) is 45.8 Å². The standard InChI is InChI=1S/C20H27N3O2.HI/c1-4-21-19(23-15(3)18-10-9-14(2)25-18)22-13-20(24)12-11-16-7-5-6-8-17(16)20;/h5-10,15,24H,4,11-13H2,1-3H3,(H2,21,22,23);1H. The summed E-state index contributed by atoms with van der Waals surface area (Å²) in [7, 11) is 0. The maximum Gasteiger partial charge on any atom is 0.191 e. The molecular weight excluding hydrogens is 441 g/mol. The summed E-state index contributed by atoms with van der Waals surface area (Å²) in [6.45, 7) is 7.08. The highest BCUT2D eigenvalue weighted by atomic mass is 127. The van der Waals surface area contributed by atoms with Crippen LogP contribution >= 0.6 is 24.0 Å². The molecule has 0 fully saturated rings. The van der Waals surface area contributed by atoms with E-state index in [0.717, 1.165) is 30.0 Å². The molecule has 2 atom stereocenters. The number of hydrogen-bond acceptors (Lipinski definition) is 3. The van der Waals surface area contributed by atoms with Crippen LogP contribution in [-0.2, 0) is 12.0 Å². The quantitative estimate of drug-likeness (QED) is 0.355. The van der Waals surface area contributed by atoms with Gasteiger partial charge in [-0.1, -0.05) is 24.3 Å². The Morgan fingerprint density at radius 1 is 1.31 bits per heavy atom. The molecule has 0 radical (unpaired) electrons. The SMILES string of the molecule is CCNC(=NCC1(O)CCc2ccccc21)NC(C)c1ccc(C)o1.I. The number of benzene rings is 1. The third-order valence-corrected chi connectivity index (χ3v) is 4.71. The second-order valence-corrected chi connectivity index (χ2v) is 6.70. The average Bonchev–Trinajstić information content (AvgIpc) is 3.18. The predicted molar refractivity (Wildman–Crippen MR) is 115 cm³/mol. The van der Waals surface area contributed by atoms with Gasteiger partial charge in [0.05, 0.1) is 12.6 Å². The first-order valence-electron chi connectivity index (χ1n) is 8.94. The number of guanidine groups is 1. The number of rotatable bonds is 5. The van der Waals surface area contributed by atoms with Crippen molar-refractivity contribution in [3.63, 3.8) is 0 Å². The predicted octanol–water partition coefficient (Wildman–Crippen LogP) is 3.66. The summed E-state index contributed by atoms with van der Waals surface area (Å²) in [6, 6.07) is 12.0. The van der Waals surface area contributed by atoms with Crippen LogP contribution in [0.3, 0.4) is 0 Å². The summed E-state index contributed by atoms with van der Waals surface area (Å²) >= 11 is 0. The van der Waals surface area contributed by atoms with E-state index in [0.29, 0.717) is 18.9 Å². The Kier molecular flexibility index (Phi) is 7.11. The molecule has 6 heteroatoms. The van der Waals surface area contributed by atoms with Crippen LogP contribution in [0.1, 0.15) is 49.0 Å². The summed E-state index contributed by atoms with van der Waals surface area (Å²) in [4.78, 5) is 4.64. The fourth-order valence-electron chi connectivity index (χ4n) is 3.32. The van der Waals surface area contributed by atoms with Gasteiger partial charge in [0.25, 0.3) is 0 Å². The first kappa shape index (κ1) is 20.8. The smallest absolute Gasteiger partial charge is 0.191 e. The van der Waals surface area contributed by atoms with Gasteiger partial charge in [-0.15, -0.1) is 24.0 Å². The Bertz CT molecular complexity index is 759. The maximum absolute atomic E-state index is 11.0. The van der Waals surface area contributed by atoms with Crippen molar-refractivity contribution in [2.45, 2.75) is 45.3 Å². The number of aliphatic hydroxyl groups is 1. The third-order valence-electron chi connectivity index (χ3n) is 4.71. The Balaban J connectivity index is 0.00000243. The zero-order valence-corrected chi connectivity index (χ0v) is 17.9. The van der Waals surface area contributed by atoms with Gasteiger partial charge in [0.15, 0.2) is 5.96 Å². The van der Waals surface area contributed by atoms with Crippen molar-refractivity contribution in [3.05, 3.63) is 59.0 Å². The van der Waals surface area contributed by atoms with Crippen molar-refractivity contribution < 1.29 is 9.52 Å². The Morgan fingerprint density at radius 3 is 2.77 bits per heavy atom. The van der Waals surface area contributed by atoms with Crippen LogP contribution in [0.2, 0.25) is 0 Å². The minimum Gasteiger partial charge on any atom is -0.464 e. The lowest BCUT2D eigenvalue weighted by Crippen LogP contribution is -2.40. The second kappa shape index (κ2) is 8.90. The van der Waals surface area contributed by atoms with Gasteiger partial charge in [-0.2, -0.15) is 0 Å². The van der Waals surface area contributed by atoms with Gasteiger partial charge in [0.1, 0.15) is 17.1 Å². The Labute approximate surface area is 172 Å². The topological polar surface area (TPSA) is 69.8 Å². The molecule has 1 aromatic carbocycles. The number of aliphatic imine (C=N–C) groups is 1. The highest BCUT2D eigenvalue weighted by Gasteiger charge is 2.36. The number of hydrogen-bond donors (Lipinski definition) is 3. The lowest BCUT2D eigenvalue weighted by molar-refractivity contribution is 0.0485. The second-order valence-electron chi connectivity index (χ2n) is 6.70. The van der Waals surface area contributed by atoms with E-state index in [1.807, 2.05) is 51.1 Å². The van der Waals surface area contributed by atoms with E-state index in [2.05, 4.69) is 21.7 Å². The molecule has 3 N–H and O–H groups in total. The number of halogens is 1. The summed E-state index contributed by atoms with van der Waals surface area (Å²) in [5.41, 5.74) is 1.34. The molecule has 0 spiro atoms. The molecule has 142 valence electrons. The van der Waals surface area contributed by atoms with Gasteiger partial charge in [-0.3, -0.25) is 0 Å². The molecule has 1 aliphatic carbocycles. The molecule has 0 aliphatic heterocycles.